The Morgan fingerprint density at radius 3 is 2.62 bits per heavy atom. The van der Waals surface area contributed by atoms with Gasteiger partial charge in [-0.25, -0.2) is 0 Å². The normalized spacial score (nSPS) is 32.2. The second-order valence-electron chi connectivity index (χ2n) is 8.42. The third-order valence-electron chi connectivity index (χ3n) is 6.78. The van der Waals surface area contributed by atoms with Crippen molar-refractivity contribution in [2.24, 2.45) is 11.3 Å². The van der Waals surface area contributed by atoms with Crippen LogP contribution in [0.15, 0.2) is 16.6 Å². The van der Waals surface area contributed by atoms with E-state index < -0.39 is 0 Å². The van der Waals surface area contributed by atoms with Crippen LogP contribution in [0, 0.1) is 11.3 Å². The van der Waals surface area contributed by atoms with Crippen LogP contribution < -0.4 is 0 Å². The van der Waals surface area contributed by atoms with E-state index in [1.54, 1.807) is 0 Å². The minimum absolute atomic E-state index is 0.0280. The molecule has 0 bridgehead atoms. The van der Waals surface area contributed by atoms with Gasteiger partial charge in [-0.1, -0.05) is 55.3 Å². The molecule has 0 aromatic heterocycles. The number of esters is 1. The molecule has 2 aliphatic carbocycles. The van der Waals surface area contributed by atoms with Crippen LogP contribution in [0.3, 0.4) is 0 Å². The van der Waals surface area contributed by atoms with Crippen molar-refractivity contribution in [3.8, 4) is 0 Å². The van der Waals surface area contributed by atoms with Crippen molar-refractivity contribution in [3.05, 3.63) is 33.3 Å². The number of hydrogen-bond acceptors (Lipinski definition) is 2. The van der Waals surface area contributed by atoms with Crippen LogP contribution in [-0.2, 0) is 21.4 Å². The molecule has 0 heterocycles. The zero-order valence-corrected chi connectivity index (χ0v) is 17.1. The highest BCUT2D eigenvalue weighted by Gasteiger charge is 2.55. The molecule has 0 aliphatic heterocycles. The van der Waals surface area contributed by atoms with Crippen LogP contribution in [0.1, 0.15) is 76.0 Å². The van der Waals surface area contributed by atoms with E-state index in [4.69, 9.17) is 4.74 Å². The second-order valence-corrected chi connectivity index (χ2v) is 9.21. The van der Waals surface area contributed by atoms with Gasteiger partial charge in [0.2, 0.25) is 0 Å². The van der Waals surface area contributed by atoms with E-state index in [2.05, 4.69) is 55.8 Å². The minimum Gasteiger partial charge on any atom is -0.469 e. The lowest BCUT2D eigenvalue weighted by Crippen LogP contribution is -2.52. The number of hydrogen-bond donors (Lipinski definition) is 0. The van der Waals surface area contributed by atoms with Gasteiger partial charge in [0.15, 0.2) is 0 Å². The first-order valence-corrected chi connectivity index (χ1v) is 9.95. The van der Waals surface area contributed by atoms with Crippen molar-refractivity contribution >= 4 is 21.9 Å². The number of halogens is 1. The fraction of sp³-hybridized carbons (Fsp3) is 0.667. The molecule has 24 heavy (non-hydrogen) atoms. The van der Waals surface area contributed by atoms with Gasteiger partial charge in [-0.2, -0.15) is 0 Å². The number of carbonyl (C=O) groups excluding carboxylic acids is 1. The molecule has 2 nitrogen and oxygen atoms in total. The molecule has 1 aromatic rings. The predicted molar refractivity (Wildman–Crippen MR) is 101 cm³/mol. The number of ether oxygens (including phenoxy) is 1. The molecule has 0 N–H and O–H groups in total. The van der Waals surface area contributed by atoms with E-state index in [1.807, 2.05) is 0 Å². The summed E-state index contributed by atoms with van der Waals surface area (Å²) in [7, 11) is 1.53. The third kappa shape index (κ3) is 2.46. The summed E-state index contributed by atoms with van der Waals surface area (Å²) in [5.41, 5.74) is 4.01. The van der Waals surface area contributed by atoms with Gasteiger partial charge in [0.05, 0.1) is 12.5 Å². The second kappa shape index (κ2) is 6.16. The van der Waals surface area contributed by atoms with E-state index in [0.29, 0.717) is 11.8 Å². The van der Waals surface area contributed by atoms with Crippen molar-refractivity contribution < 1.29 is 9.53 Å². The van der Waals surface area contributed by atoms with E-state index in [0.717, 1.165) is 32.1 Å². The summed E-state index contributed by atoms with van der Waals surface area (Å²) in [6, 6.07) is 4.62. The Kier molecular flexibility index (Phi) is 4.61. The molecule has 0 saturated heterocycles. The maximum absolute atomic E-state index is 12.6. The largest absolute Gasteiger partial charge is 0.469 e. The van der Waals surface area contributed by atoms with Gasteiger partial charge in [0.1, 0.15) is 0 Å². The van der Waals surface area contributed by atoms with Crippen LogP contribution in [0.4, 0.5) is 0 Å². The van der Waals surface area contributed by atoms with E-state index in [-0.39, 0.29) is 16.8 Å². The van der Waals surface area contributed by atoms with Crippen LogP contribution >= 0.6 is 15.9 Å². The molecule has 2 aliphatic rings. The van der Waals surface area contributed by atoms with Crippen LogP contribution in [-0.4, -0.2) is 13.1 Å². The number of carbonyl (C=O) groups is 1. The van der Waals surface area contributed by atoms with Crippen molar-refractivity contribution in [3.63, 3.8) is 0 Å². The molecule has 0 spiro atoms. The number of rotatable bonds is 2. The van der Waals surface area contributed by atoms with Gasteiger partial charge in [0.25, 0.3) is 0 Å². The fourth-order valence-corrected chi connectivity index (χ4v) is 6.47. The summed E-state index contributed by atoms with van der Waals surface area (Å²) >= 11 is 3.89. The quantitative estimate of drug-likeness (QED) is 0.598. The lowest BCUT2D eigenvalue weighted by Gasteiger charge is -2.54. The maximum Gasteiger partial charge on any atom is 0.311 e. The molecule has 3 rings (SSSR count). The Balaban J connectivity index is 2.11. The van der Waals surface area contributed by atoms with Crippen LogP contribution in [0.5, 0.6) is 0 Å². The molecule has 0 unspecified atom stereocenters. The molecule has 1 aromatic carbocycles. The SMILES string of the molecule is COC(=O)[C@]1(C)CCC[C@]2(C)c3ccc(C(C)C)c(Br)c3CC[C@@H]12. The van der Waals surface area contributed by atoms with Gasteiger partial charge >= 0.3 is 5.97 Å². The maximum atomic E-state index is 12.6. The topological polar surface area (TPSA) is 26.3 Å². The monoisotopic (exact) mass is 392 g/mol. The average molecular weight is 393 g/mol. The van der Waals surface area contributed by atoms with Gasteiger partial charge in [-0.15, -0.1) is 0 Å². The summed E-state index contributed by atoms with van der Waals surface area (Å²) in [6.07, 6.45) is 5.30. The Bertz CT molecular complexity index is 666. The van der Waals surface area contributed by atoms with Crippen molar-refractivity contribution in [2.45, 2.75) is 71.1 Å². The zero-order valence-electron chi connectivity index (χ0n) is 15.5. The van der Waals surface area contributed by atoms with E-state index in [1.165, 1.54) is 28.3 Å². The smallest absolute Gasteiger partial charge is 0.311 e. The molecule has 3 heteroatoms. The minimum atomic E-state index is -0.358. The van der Waals surface area contributed by atoms with Gasteiger partial charge in [0, 0.05) is 4.47 Å². The van der Waals surface area contributed by atoms with E-state index in [9.17, 15) is 4.79 Å². The summed E-state index contributed by atoms with van der Waals surface area (Å²) < 4.78 is 6.49. The van der Waals surface area contributed by atoms with Crippen molar-refractivity contribution in [1.29, 1.82) is 0 Å². The molecule has 132 valence electrons. The predicted octanol–water partition coefficient (Wildman–Crippen LogP) is 5.76. The summed E-state index contributed by atoms with van der Waals surface area (Å²) in [6.45, 7) is 8.99. The first kappa shape index (κ1) is 18.0. The molecule has 0 amide bonds. The van der Waals surface area contributed by atoms with Gasteiger partial charge in [-0.05, 0) is 66.5 Å². The van der Waals surface area contributed by atoms with Crippen molar-refractivity contribution in [1.82, 2.24) is 0 Å². The third-order valence-corrected chi connectivity index (χ3v) is 7.71. The highest BCUT2D eigenvalue weighted by molar-refractivity contribution is 9.10. The number of benzene rings is 1. The Hall–Kier alpha value is -0.830. The lowest BCUT2D eigenvalue weighted by molar-refractivity contribution is -0.161. The standard InChI is InChI=1S/C21H29BrO2/c1-13(2)14-7-9-16-15(18(14)22)8-10-17-20(16,3)11-6-12-21(17,4)19(23)24-5/h7,9,13,17H,6,8,10-12H2,1-5H3/t17-,20-,21-/m1/s1. The Labute approximate surface area is 154 Å². The van der Waals surface area contributed by atoms with E-state index >= 15 is 0 Å². The lowest BCUT2D eigenvalue weighted by atomic mass is 9.49. The van der Waals surface area contributed by atoms with Gasteiger partial charge in [-0.3, -0.25) is 4.79 Å². The highest BCUT2D eigenvalue weighted by atomic mass is 79.9. The summed E-state index contributed by atoms with van der Waals surface area (Å²) in [4.78, 5) is 12.6. The zero-order chi connectivity index (χ0) is 17.7. The fourth-order valence-electron chi connectivity index (χ4n) is 5.46. The summed E-state index contributed by atoms with van der Waals surface area (Å²) in [5.74, 6) is 0.845. The molecule has 0 radical (unpaired) electrons. The number of fused-ring (bicyclic) bond motifs is 3. The molecule has 1 fully saturated rings. The Morgan fingerprint density at radius 2 is 2.00 bits per heavy atom. The van der Waals surface area contributed by atoms with Crippen molar-refractivity contribution in [2.75, 3.05) is 7.11 Å². The summed E-state index contributed by atoms with van der Waals surface area (Å²) in [5, 5.41) is 0. The molecular formula is C21H29BrO2. The van der Waals surface area contributed by atoms with Gasteiger partial charge < -0.3 is 4.74 Å². The average Bonchev–Trinajstić information content (AvgIpc) is 2.54. The molecule has 3 atom stereocenters. The Morgan fingerprint density at radius 1 is 1.29 bits per heavy atom. The molecule has 1 saturated carbocycles. The highest BCUT2D eigenvalue weighted by Crippen LogP contribution is 2.58. The van der Waals surface area contributed by atoms with Crippen LogP contribution in [0.25, 0.3) is 0 Å². The first-order valence-electron chi connectivity index (χ1n) is 9.16. The number of methoxy groups -OCH3 is 1. The van der Waals surface area contributed by atoms with Crippen LogP contribution in [0.2, 0.25) is 0 Å². The first-order chi connectivity index (χ1) is 11.3. The molecular weight excluding hydrogens is 364 g/mol.